The van der Waals surface area contributed by atoms with Gasteiger partial charge in [0.25, 0.3) is 5.91 Å². The molecule has 1 saturated heterocycles. The van der Waals surface area contributed by atoms with Crippen LogP contribution in [0.4, 0.5) is 5.13 Å². The molecule has 4 rings (SSSR count). The van der Waals surface area contributed by atoms with Crippen molar-refractivity contribution in [3.8, 4) is 0 Å². The summed E-state index contributed by atoms with van der Waals surface area (Å²) in [5.74, 6) is 0.0254. The monoisotopic (exact) mass is 389 g/mol. The number of thiazole rings is 1. The molecular weight excluding hydrogens is 366 g/mol. The third-order valence-electron chi connectivity index (χ3n) is 4.61. The molecule has 2 aromatic rings. The molecule has 1 aromatic carbocycles. The number of aromatic nitrogens is 1. The molecule has 7 nitrogen and oxygen atoms in total. The SMILES string of the molecule is Cc1ccc2nc(N(CCN3CCOCC3)C(=O)C3=COCCO3)sc2c1. The van der Waals surface area contributed by atoms with Crippen LogP contribution in [0.15, 0.2) is 30.2 Å². The Morgan fingerprint density at radius 3 is 2.89 bits per heavy atom. The minimum absolute atomic E-state index is 0.210. The van der Waals surface area contributed by atoms with E-state index in [-0.39, 0.29) is 11.7 Å². The van der Waals surface area contributed by atoms with Gasteiger partial charge in [0.15, 0.2) is 5.13 Å². The molecule has 1 amide bonds. The van der Waals surface area contributed by atoms with Gasteiger partial charge in [0.1, 0.15) is 19.5 Å². The first-order valence-electron chi connectivity index (χ1n) is 9.14. The van der Waals surface area contributed by atoms with Crippen LogP contribution in [-0.2, 0) is 19.0 Å². The maximum absolute atomic E-state index is 13.1. The van der Waals surface area contributed by atoms with Crippen LogP contribution in [-0.4, -0.2) is 68.4 Å². The molecule has 0 spiro atoms. The summed E-state index contributed by atoms with van der Waals surface area (Å²) >= 11 is 1.53. The second-order valence-electron chi connectivity index (χ2n) is 6.58. The number of fused-ring (bicyclic) bond motifs is 1. The Kier molecular flexibility index (Phi) is 5.56. The first-order valence-corrected chi connectivity index (χ1v) is 9.96. The number of amides is 1. The topological polar surface area (TPSA) is 64.1 Å². The van der Waals surface area contributed by atoms with E-state index in [1.165, 1.54) is 23.2 Å². The Hall–Kier alpha value is -2.16. The fourth-order valence-corrected chi connectivity index (χ4v) is 4.19. The van der Waals surface area contributed by atoms with Gasteiger partial charge in [0, 0.05) is 26.2 Å². The van der Waals surface area contributed by atoms with Gasteiger partial charge in [0.2, 0.25) is 5.76 Å². The van der Waals surface area contributed by atoms with Crippen molar-refractivity contribution in [1.82, 2.24) is 9.88 Å². The lowest BCUT2D eigenvalue weighted by Crippen LogP contribution is -2.44. The molecule has 0 N–H and O–H groups in total. The Morgan fingerprint density at radius 2 is 2.11 bits per heavy atom. The van der Waals surface area contributed by atoms with E-state index in [0.29, 0.717) is 24.9 Å². The standard InChI is InChI=1S/C19H23N3O4S/c1-14-2-3-15-17(12-14)27-19(20-15)22(5-4-21-6-8-24-9-7-21)18(23)16-13-25-10-11-26-16/h2-3,12-13H,4-11H2,1H3. The summed E-state index contributed by atoms with van der Waals surface area (Å²) in [5, 5.41) is 0.684. The molecule has 144 valence electrons. The Bertz CT molecular complexity index is 845. The smallest absolute Gasteiger partial charge is 0.298 e. The number of anilines is 1. The molecule has 0 aliphatic carbocycles. The summed E-state index contributed by atoms with van der Waals surface area (Å²) in [4.78, 5) is 21.8. The predicted octanol–water partition coefficient (Wildman–Crippen LogP) is 2.16. The Labute approximate surface area is 162 Å². The largest absolute Gasteiger partial charge is 0.494 e. The molecule has 2 aliphatic rings. The lowest BCUT2D eigenvalue weighted by molar-refractivity contribution is -0.119. The van der Waals surface area contributed by atoms with Crippen molar-refractivity contribution in [2.24, 2.45) is 0 Å². The number of benzene rings is 1. The second kappa shape index (κ2) is 8.24. The van der Waals surface area contributed by atoms with E-state index in [0.717, 1.165) is 43.1 Å². The third-order valence-corrected chi connectivity index (χ3v) is 5.65. The molecule has 0 unspecified atom stereocenters. The second-order valence-corrected chi connectivity index (χ2v) is 7.59. The van der Waals surface area contributed by atoms with Crippen LogP contribution in [0, 0.1) is 6.92 Å². The quantitative estimate of drug-likeness (QED) is 0.781. The van der Waals surface area contributed by atoms with E-state index in [1.807, 2.05) is 12.1 Å². The molecule has 1 aromatic heterocycles. The summed E-state index contributed by atoms with van der Waals surface area (Å²) < 4.78 is 17.3. The predicted molar refractivity (Wildman–Crippen MR) is 104 cm³/mol. The molecule has 8 heteroatoms. The zero-order valence-corrected chi connectivity index (χ0v) is 16.2. The highest BCUT2D eigenvalue weighted by Gasteiger charge is 2.27. The summed E-state index contributed by atoms with van der Waals surface area (Å²) in [5.41, 5.74) is 2.08. The van der Waals surface area contributed by atoms with Gasteiger partial charge in [-0.2, -0.15) is 0 Å². The lowest BCUT2D eigenvalue weighted by atomic mass is 10.2. The van der Waals surface area contributed by atoms with Gasteiger partial charge >= 0.3 is 0 Å². The maximum Gasteiger partial charge on any atom is 0.298 e. The highest BCUT2D eigenvalue weighted by molar-refractivity contribution is 7.22. The van der Waals surface area contributed by atoms with Crippen molar-refractivity contribution in [2.75, 3.05) is 57.5 Å². The molecule has 27 heavy (non-hydrogen) atoms. The number of aryl methyl sites for hydroxylation is 1. The zero-order chi connectivity index (χ0) is 18.6. The first kappa shape index (κ1) is 18.2. The Balaban J connectivity index is 1.59. The van der Waals surface area contributed by atoms with Crippen molar-refractivity contribution in [2.45, 2.75) is 6.92 Å². The van der Waals surface area contributed by atoms with E-state index in [2.05, 4.69) is 17.9 Å². The minimum Gasteiger partial charge on any atom is -0.494 e. The minimum atomic E-state index is -0.210. The van der Waals surface area contributed by atoms with E-state index >= 15 is 0 Å². The molecule has 0 atom stereocenters. The highest BCUT2D eigenvalue weighted by atomic mass is 32.1. The maximum atomic E-state index is 13.1. The van der Waals surface area contributed by atoms with Gasteiger partial charge in [-0.25, -0.2) is 4.98 Å². The summed E-state index contributed by atoms with van der Waals surface area (Å²) in [6.45, 7) is 7.42. The van der Waals surface area contributed by atoms with Crippen LogP contribution in [0.3, 0.4) is 0 Å². The van der Waals surface area contributed by atoms with Crippen molar-refractivity contribution in [1.29, 1.82) is 0 Å². The van der Waals surface area contributed by atoms with Gasteiger partial charge in [-0.05, 0) is 24.6 Å². The molecule has 0 bridgehead atoms. The summed E-state index contributed by atoms with van der Waals surface area (Å²) in [6.07, 6.45) is 1.41. The van der Waals surface area contributed by atoms with Gasteiger partial charge in [-0.1, -0.05) is 17.4 Å². The van der Waals surface area contributed by atoms with Crippen LogP contribution in [0.5, 0.6) is 0 Å². The van der Waals surface area contributed by atoms with Crippen LogP contribution >= 0.6 is 11.3 Å². The fourth-order valence-electron chi connectivity index (χ4n) is 3.10. The van der Waals surface area contributed by atoms with Gasteiger partial charge in [-0.3, -0.25) is 14.6 Å². The molecular formula is C19H23N3O4S. The molecule has 3 heterocycles. The van der Waals surface area contributed by atoms with Crippen molar-refractivity contribution in [3.63, 3.8) is 0 Å². The Morgan fingerprint density at radius 1 is 1.26 bits per heavy atom. The van der Waals surface area contributed by atoms with E-state index in [4.69, 9.17) is 19.2 Å². The van der Waals surface area contributed by atoms with E-state index in [9.17, 15) is 4.79 Å². The summed E-state index contributed by atoms with van der Waals surface area (Å²) in [6, 6.07) is 6.13. The van der Waals surface area contributed by atoms with E-state index in [1.54, 1.807) is 4.90 Å². The number of carbonyl (C=O) groups excluding carboxylic acids is 1. The number of nitrogens with zero attached hydrogens (tertiary/aromatic N) is 3. The number of carbonyl (C=O) groups is 1. The van der Waals surface area contributed by atoms with Crippen LogP contribution in [0.2, 0.25) is 0 Å². The van der Waals surface area contributed by atoms with Crippen molar-refractivity contribution >= 4 is 32.6 Å². The van der Waals surface area contributed by atoms with Crippen molar-refractivity contribution < 1.29 is 19.0 Å². The number of hydrogen-bond donors (Lipinski definition) is 0. The van der Waals surface area contributed by atoms with Crippen LogP contribution in [0.25, 0.3) is 10.2 Å². The average Bonchev–Trinajstić information content (AvgIpc) is 3.12. The number of morpholine rings is 1. The van der Waals surface area contributed by atoms with E-state index < -0.39 is 0 Å². The molecule has 2 aliphatic heterocycles. The molecule has 0 saturated carbocycles. The average molecular weight is 389 g/mol. The highest BCUT2D eigenvalue weighted by Crippen LogP contribution is 2.30. The zero-order valence-electron chi connectivity index (χ0n) is 15.3. The lowest BCUT2D eigenvalue weighted by Gasteiger charge is -2.29. The summed E-state index contributed by atoms with van der Waals surface area (Å²) in [7, 11) is 0. The molecule has 0 radical (unpaired) electrons. The number of hydrogen-bond acceptors (Lipinski definition) is 7. The number of ether oxygens (including phenoxy) is 3. The molecule has 1 fully saturated rings. The third kappa shape index (κ3) is 4.23. The normalized spacial score (nSPS) is 17.9. The van der Waals surface area contributed by atoms with Gasteiger partial charge in [0.05, 0.1) is 23.4 Å². The van der Waals surface area contributed by atoms with Crippen molar-refractivity contribution in [3.05, 3.63) is 35.8 Å². The fraction of sp³-hybridized carbons (Fsp3) is 0.474. The number of rotatable bonds is 5. The van der Waals surface area contributed by atoms with Gasteiger partial charge < -0.3 is 14.2 Å². The van der Waals surface area contributed by atoms with Crippen LogP contribution in [0.1, 0.15) is 5.56 Å². The van der Waals surface area contributed by atoms with Gasteiger partial charge in [-0.15, -0.1) is 0 Å². The first-order chi connectivity index (χ1) is 13.2. The van der Waals surface area contributed by atoms with Crippen LogP contribution < -0.4 is 4.90 Å².